The Labute approximate surface area is 99.1 Å². The van der Waals surface area contributed by atoms with E-state index < -0.39 is 0 Å². The Kier molecular flexibility index (Phi) is 9.70. The molecular weight excluding hydrogens is 200 g/mol. The summed E-state index contributed by atoms with van der Waals surface area (Å²) >= 11 is 0. The zero-order valence-corrected chi connectivity index (χ0v) is 10.4. The summed E-state index contributed by atoms with van der Waals surface area (Å²) in [4.78, 5) is 4.39. The van der Waals surface area contributed by atoms with E-state index in [0.29, 0.717) is 12.8 Å². The third-order valence-electron chi connectivity index (χ3n) is 2.54. The zero-order chi connectivity index (χ0) is 12.2. The van der Waals surface area contributed by atoms with Gasteiger partial charge in [-0.2, -0.15) is 10.5 Å². The van der Waals surface area contributed by atoms with Gasteiger partial charge in [-0.05, 0) is 40.0 Å². The predicted molar refractivity (Wildman–Crippen MR) is 64.7 cm³/mol. The number of hydrogen-bond acceptors (Lipinski definition) is 4. The molecule has 0 N–H and O–H groups in total. The first-order valence-electron chi connectivity index (χ1n) is 5.81. The summed E-state index contributed by atoms with van der Waals surface area (Å²) < 4.78 is 0. The van der Waals surface area contributed by atoms with Gasteiger partial charge in [0.05, 0.1) is 12.1 Å². The van der Waals surface area contributed by atoms with E-state index in [-0.39, 0.29) is 0 Å². The second-order valence-corrected chi connectivity index (χ2v) is 4.13. The Balaban J connectivity index is 3.32. The maximum Gasteiger partial charge on any atom is 0.0635 e. The van der Waals surface area contributed by atoms with Crippen molar-refractivity contribution in [1.29, 1.82) is 10.5 Å². The molecule has 16 heavy (non-hydrogen) atoms. The molecule has 0 aromatic rings. The molecule has 0 heterocycles. The molecule has 0 amide bonds. The van der Waals surface area contributed by atoms with Gasteiger partial charge in [0, 0.05) is 25.9 Å². The van der Waals surface area contributed by atoms with Crippen LogP contribution in [0, 0.1) is 22.7 Å². The lowest BCUT2D eigenvalue weighted by atomic mass is 10.2. The van der Waals surface area contributed by atoms with Crippen LogP contribution in [0.2, 0.25) is 0 Å². The van der Waals surface area contributed by atoms with Gasteiger partial charge < -0.3 is 9.80 Å². The van der Waals surface area contributed by atoms with E-state index in [0.717, 1.165) is 39.0 Å². The van der Waals surface area contributed by atoms with E-state index in [1.165, 1.54) is 0 Å². The molecule has 0 radical (unpaired) electrons. The Morgan fingerprint density at radius 1 is 0.750 bits per heavy atom. The van der Waals surface area contributed by atoms with Crippen molar-refractivity contribution in [2.75, 3.05) is 40.3 Å². The Morgan fingerprint density at radius 2 is 1.12 bits per heavy atom. The molecule has 0 unspecified atom stereocenters. The predicted octanol–water partition coefficient (Wildman–Crippen LogP) is 1.46. The average molecular weight is 222 g/mol. The molecule has 0 aromatic carbocycles. The number of nitrogens with zero attached hydrogens (tertiary/aromatic N) is 4. The van der Waals surface area contributed by atoms with Gasteiger partial charge in [-0.25, -0.2) is 0 Å². The number of nitriles is 2. The van der Waals surface area contributed by atoms with Crippen molar-refractivity contribution in [2.45, 2.75) is 25.7 Å². The van der Waals surface area contributed by atoms with Crippen molar-refractivity contribution < 1.29 is 0 Å². The molecule has 0 rings (SSSR count). The monoisotopic (exact) mass is 222 g/mol. The van der Waals surface area contributed by atoms with Gasteiger partial charge in [-0.3, -0.25) is 0 Å². The van der Waals surface area contributed by atoms with Crippen molar-refractivity contribution in [1.82, 2.24) is 9.80 Å². The summed E-state index contributed by atoms with van der Waals surface area (Å²) in [6, 6.07) is 4.30. The zero-order valence-electron chi connectivity index (χ0n) is 10.4. The van der Waals surface area contributed by atoms with E-state index >= 15 is 0 Å². The van der Waals surface area contributed by atoms with E-state index in [9.17, 15) is 0 Å². The van der Waals surface area contributed by atoms with Crippen molar-refractivity contribution in [3.8, 4) is 12.1 Å². The van der Waals surface area contributed by atoms with Gasteiger partial charge in [0.1, 0.15) is 0 Å². The van der Waals surface area contributed by atoms with Crippen molar-refractivity contribution >= 4 is 0 Å². The van der Waals surface area contributed by atoms with Crippen LogP contribution in [-0.4, -0.2) is 50.1 Å². The summed E-state index contributed by atoms with van der Waals surface area (Å²) in [5.74, 6) is 0. The highest BCUT2D eigenvalue weighted by Gasteiger charge is 2.00. The smallest absolute Gasteiger partial charge is 0.0635 e. The first-order chi connectivity index (χ1) is 7.70. The number of unbranched alkanes of at least 4 members (excludes halogenated alkanes) is 1. The van der Waals surface area contributed by atoms with Crippen LogP contribution in [0.5, 0.6) is 0 Å². The molecule has 0 aliphatic rings. The normalized spacial score (nSPS) is 10.4. The van der Waals surface area contributed by atoms with Gasteiger partial charge in [0.25, 0.3) is 0 Å². The number of hydrogen-bond donors (Lipinski definition) is 0. The molecule has 0 aliphatic heterocycles. The van der Waals surface area contributed by atoms with Crippen molar-refractivity contribution in [2.24, 2.45) is 0 Å². The highest BCUT2D eigenvalue weighted by Crippen LogP contribution is 1.97. The standard InChI is InChI=1S/C12H22N4/c1-15(11-5-7-13)9-3-4-10-16(2)12-6-8-14/h3-6,9-12H2,1-2H3. The second kappa shape index (κ2) is 10.4. The fraction of sp³-hybridized carbons (Fsp3) is 0.833. The first kappa shape index (κ1) is 14.9. The Morgan fingerprint density at radius 3 is 1.44 bits per heavy atom. The summed E-state index contributed by atoms with van der Waals surface area (Å²) in [5.41, 5.74) is 0. The summed E-state index contributed by atoms with van der Waals surface area (Å²) in [6.45, 7) is 3.82. The van der Waals surface area contributed by atoms with Crippen molar-refractivity contribution in [3.05, 3.63) is 0 Å². The second-order valence-electron chi connectivity index (χ2n) is 4.13. The molecule has 0 saturated carbocycles. The highest BCUT2D eigenvalue weighted by atomic mass is 15.1. The molecular formula is C12H22N4. The van der Waals surface area contributed by atoms with E-state index in [1.54, 1.807) is 0 Å². The third-order valence-corrected chi connectivity index (χ3v) is 2.54. The molecule has 0 saturated heterocycles. The molecule has 0 spiro atoms. The van der Waals surface area contributed by atoms with Crippen LogP contribution in [0.15, 0.2) is 0 Å². The van der Waals surface area contributed by atoms with Crippen LogP contribution in [0.1, 0.15) is 25.7 Å². The van der Waals surface area contributed by atoms with Gasteiger partial charge >= 0.3 is 0 Å². The van der Waals surface area contributed by atoms with Gasteiger partial charge in [-0.1, -0.05) is 0 Å². The maximum atomic E-state index is 8.43. The minimum Gasteiger partial charge on any atom is -0.305 e. The van der Waals surface area contributed by atoms with Crippen LogP contribution in [-0.2, 0) is 0 Å². The third kappa shape index (κ3) is 9.45. The SMILES string of the molecule is CN(CCC#N)CCCCN(C)CCC#N. The highest BCUT2D eigenvalue weighted by molar-refractivity contribution is 4.72. The van der Waals surface area contributed by atoms with Crippen LogP contribution in [0.25, 0.3) is 0 Å². The Bertz CT molecular complexity index is 212. The van der Waals surface area contributed by atoms with Crippen molar-refractivity contribution in [3.63, 3.8) is 0 Å². The van der Waals surface area contributed by atoms with E-state index in [4.69, 9.17) is 10.5 Å². The molecule has 0 aliphatic carbocycles. The molecule has 4 nitrogen and oxygen atoms in total. The topological polar surface area (TPSA) is 54.1 Å². The van der Waals surface area contributed by atoms with Crippen LogP contribution in [0.3, 0.4) is 0 Å². The van der Waals surface area contributed by atoms with E-state index in [1.807, 2.05) is 0 Å². The lowest BCUT2D eigenvalue weighted by Crippen LogP contribution is -2.24. The van der Waals surface area contributed by atoms with Crippen LogP contribution < -0.4 is 0 Å². The number of rotatable bonds is 9. The summed E-state index contributed by atoms with van der Waals surface area (Å²) in [6.07, 6.45) is 3.52. The molecule has 0 bridgehead atoms. The largest absolute Gasteiger partial charge is 0.305 e. The van der Waals surface area contributed by atoms with Gasteiger partial charge in [0.2, 0.25) is 0 Å². The minimum absolute atomic E-state index is 0.610. The van der Waals surface area contributed by atoms with E-state index in [2.05, 4.69) is 36.0 Å². The summed E-state index contributed by atoms with van der Waals surface area (Å²) in [5, 5.41) is 16.9. The molecule has 0 aromatic heterocycles. The lowest BCUT2D eigenvalue weighted by Gasteiger charge is -2.17. The Hall–Kier alpha value is -1.10. The summed E-state index contributed by atoms with van der Waals surface area (Å²) in [7, 11) is 4.10. The molecule has 90 valence electrons. The van der Waals surface area contributed by atoms with Crippen LogP contribution in [0.4, 0.5) is 0 Å². The van der Waals surface area contributed by atoms with Gasteiger partial charge in [-0.15, -0.1) is 0 Å². The lowest BCUT2D eigenvalue weighted by molar-refractivity contribution is 0.299. The fourth-order valence-electron chi connectivity index (χ4n) is 1.47. The molecule has 0 fully saturated rings. The molecule has 0 atom stereocenters. The fourth-order valence-corrected chi connectivity index (χ4v) is 1.47. The maximum absolute atomic E-state index is 8.43. The quantitative estimate of drug-likeness (QED) is 0.554. The average Bonchev–Trinajstić information content (AvgIpc) is 2.29. The van der Waals surface area contributed by atoms with Gasteiger partial charge in [0.15, 0.2) is 0 Å². The molecule has 4 heteroatoms. The van der Waals surface area contributed by atoms with Crippen LogP contribution >= 0.6 is 0 Å². The first-order valence-corrected chi connectivity index (χ1v) is 5.81. The minimum atomic E-state index is 0.610.